The third-order valence-electron chi connectivity index (χ3n) is 3.54. The first-order chi connectivity index (χ1) is 10.2. The van der Waals surface area contributed by atoms with Crippen LogP contribution in [0.25, 0.3) is 11.0 Å². The lowest BCUT2D eigenvalue weighted by Gasteiger charge is -2.10. The minimum absolute atomic E-state index is 0.193. The smallest absolute Gasteiger partial charge is 0.134 e. The summed E-state index contributed by atoms with van der Waals surface area (Å²) < 4.78 is 6.96. The molecule has 0 amide bonds. The van der Waals surface area contributed by atoms with Crippen molar-refractivity contribution < 1.29 is 4.42 Å². The summed E-state index contributed by atoms with van der Waals surface area (Å²) in [6.45, 7) is 3.03. The molecule has 3 nitrogen and oxygen atoms in total. The molecule has 0 bridgehead atoms. The highest BCUT2D eigenvalue weighted by Crippen LogP contribution is 2.26. The van der Waals surface area contributed by atoms with Crippen molar-refractivity contribution >= 4 is 26.9 Å². The second-order valence-electron chi connectivity index (χ2n) is 5.11. The van der Waals surface area contributed by atoms with Crippen LogP contribution < -0.4 is 5.32 Å². The predicted octanol–water partition coefficient (Wildman–Crippen LogP) is 4.48. The molecule has 21 heavy (non-hydrogen) atoms. The lowest BCUT2D eigenvalue weighted by atomic mass is 10.2. The molecule has 108 valence electrons. The average molecular weight is 345 g/mol. The summed E-state index contributed by atoms with van der Waals surface area (Å²) in [5, 5.41) is 4.62. The molecule has 3 aromatic rings. The van der Waals surface area contributed by atoms with E-state index in [0.717, 1.165) is 34.2 Å². The molecule has 1 aromatic carbocycles. The molecule has 1 N–H and O–H groups in total. The van der Waals surface area contributed by atoms with Crippen LogP contribution in [0.1, 0.15) is 24.3 Å². The summed E-state index contributed by atoms with van der Waals surface area (Å²) in [4.78, 5) is 4.03. The Hall–Kier alpha value is -1.65. The Balaban J connectivity index is 1.62. The van der Waals surface area contributed by atoms with Crippen LogP contribution >= 0.6 is 15.9 Å². The minimum atomic E-state index is 0.193. The largest absolute Gasteiger partial charge is 0.459 e. The lowest BCUT2D eigenvalue weighted by molar-refractivity contribution is 0.453. The summed E-state index contributed by atoms with van der Waals surface area (Å²) in [6, 6.07) is 12.5. The Bertz CT molecular complexity index is 724. The molecule has 4 heteroatoms. The standard InChI is InChI=1S/C17H17BrN2O/c1-12(20-9-6-13-4-7-19-8-5-13)17-11-14-10-15(18)2-3-16(14)21-17/h2-5,7-8,10-12,20H,6,9H2,1H3. The topological polar surface area (TPSA) is 38.1 Å². The number of pyridine rings is 1. The van der Waals surface area contributed by atoms with Crippen molar-refractivity contribution in [3.8, 4) is 0 Å². The first kappa shape index (κ1) is 14.3. The fourth-order valence-corrected chi connectivity index (χ4v) is 2.71. The van der Waals surface area contributed by atoms with Gasteiger partial charge in [0.25, 0.3) is 0 Å². The molecule has 0 saturated heterocycles. The molecule has 2 aromatic heterocycles. The molecule has 0 saturated carbocycles. The second kappa shape index (κ2) is 6.41. The zero-order chi connectivity index (χ0) is 14.7. The van der Waals surface area contributed by atoms with E-state index in [0.29, 0.717) is 0 Å². The molecule has 0 spiro atoms. The maximum Gasteiger partial charge on any atom is 0.134 e. The van der Waals surface area contributed by atoms with Gasteiger partial charge in [-0.3, -0.25) is 4.98 Å². The summed E-state index contributed by atoms with van der Waals surface area (Å²) in [5.74, 6) is 0.970. The van der Waals surface area contributed by atoms with Gasteiger partial charge in [0.15, 0.2) is 0 Å². The van der Waals surface area contributed by atoms with Crippen LogP contribution in [-0.4, -0.2) is 11.5 Å². The van der Waals surface area contributed by atoms with Crippen molar-refractivity contribution in [1.82, 2.24) is 10.3 Å². The van der Waals surface area contributed by atoms with Crippen molar-refractivity contribution in [2.45, 2.75) is 19.4 Å². The molecule has 0 radical (unpaired) electrons. The summed E-state index contributed by atoms with van der Waals surface area (Å²) in [7, 11) is 0. The Morgan fingerprint density at radius 1 is 1.19 bits per heavy atom. The van der Waals surface area contributed by atoms with Gasteiger partial charge >= 0.3 is 0 Å². The van der Waals surface area contributed by atoms with Crippen LogP contribution in [0.4, 0.5) is 0 Å². The van der Waals surface area contributed by atoms with Gasteiger partial charge in [-0.25, -0.2) is 0 Å². The highest BCUT2D eigenvalue weighted by Gasteiger charge is 2.11. The van der Waals surface area contributed by atoms with Crippen molar-refractivity contribution in [2.24, 2.45) is 0 Å². The third kappa shape index (κ3) is 3.52. The molecule has 0 aliphatic heterocycles. The Morgan fingerprint density at radius 3 is 2.81 bits per heavy atom. The maximum atomic E-state index is 5.89. The van der Waals surface area contributed by atoms with Crippen LogP contribution in [0.5, 0.6) is 0 Å². The summed E-state index contributed by atoms with van der Waals surface area (Å²) in [6.07, 6.45) is 4.64. The van der Waals surface area contributed by atoms with E-state index in [9.17, 15) is 0 Å². The highest BCUT2D eigenvalue weighted by molar-refractivity contribution is 9.10. The molecule has 0 aliphatic carbocycles. The molecule has 1 atom stereocenters. The van der Waals surface area contributed by atoms with Gasteiger partial charge in [-0.15, -0.1) is 0 Å². The normalized spacial score (nSPS) is 12.7. The Kier molecular flexibility index (Phi) is 4.36. The van der Waals surface area contributed by atoms with E-state index in [2.05, 4.69) is 45.3 Å². The van der Waals surface area contributed by atoms with E-state index in [4.69, 9.17) is 4.42 Å². The zero-order valence-corrected chi connectivity index (χ0v) is 13.4. The highest BCUT2D eigenvalue weighted by atomic mass is 79.9. The van der Waals surface area contributed by atoms with Crippen molar-refractivity contribution in [1.29, 1.82) is 0 Å². The van der Waals surface area contributed by atoms with Crippen LogP contribution in [0, 0.1) is 0 Å². The van der Waals surface area contributed by atoms with E-state index in [-0.39, 0.29) is 6.04 Å². The average Bonchev–Trinajstić information content (AvgIpc) is 2.91. The third-order valence-corrected chi connectivity index (χ3v) is 4.03. The summed E-state index contributed by atoms with van der Waals surface area (Å²) in [5.41, 5.74) is 2.22. The fraction of sp³-hybridized carbons (Fsp3) is 0.235. The number of benzene rings is 1. The van der Waals surface area contributed by atoms with Crippen molar-refractivity contribution in [2.75, 3.05) is 6.54 Å². The predicted molar refractivity (Wildman–Crippen MR) is 88.3 cm³/mol. The maximum absolute atomic E-state index is 5.89. The monoisotopic (exact) mass is 344 g/mol. The van der Waals surface area contributed by atoms with Gasteiger partial charge in [0.1, 0.15) is 11.3 Å². The first-order valence-electron chi connectivity index (χ1n) is 7.03. The molecule has 2 heterocycles. The molecule has 1 unspecified atom stereocenters. The van der Waals surface area contributed by atoms with E-state index in [1.807, 2.05) is 36.7 Å². The number of nitrogens with zero attached hydrogens (tertiary/aromatic N) is 1. The number of fused-ring (bicyclic) bond motifs is 1. The van der Waals surface area contributed by atoms with Gasteiger partial charge in [0.2, 0.25) is 0 Å². The fourth-order valence-electron chi connectivity index (χ4n) is 2.33. The SMILES string of the molecule is CC(NCCc1ccncc1)c1cc2cc(Br)ccc2o1. The number of hydrogen-bond donors (Lipinski definition) is 1. The Morgan fingerprint density at radius 2 is 2.00 bits per heavy atom. The van der Waals surface area contributed by atoms with E-state index < -0.39 is 0 Å². The molecule has 0 aliphatic rings. The molecule has 0 fully saturated rings. The molecular weight excluding hydrogens is 328 g/mol. The first-order valence-corrected chi connectivity index (χ1v) is 7.83. The summed E-state index contributed by atoms with van der Waals surface area (Å²) >= 11 is 3.48. The number of nitrogens with one attached hydrogen (secondary N) is 1. The zero-order valence-electron chi connectivity index (χ0n) is 11.8. The number of halogens is 1. The van der Waals surface area contributed by atoms with E-state index in [1.54, 1.807) is 0 Å². The minimum Gasteiger partial charge on any atom is -0.459 e. The number of furan rings is 1. The van der Waals surface area contributed by atoms with Crippen LogP contribution in [-0.2, 0) is 6.42 Å². The molecule has 3 rings (SSSR count). The van der Waals surface area contributed by atoms with Gasteiger partial charge in [0, 0.05) is 22.3 Å². The van der Waals surface area contributed by atoms with Crippen LogP contribution in [0.15, 0.2) is 57.7 Å². The molecular formula is C17H17BrN2O. The van der Waals surface area contributed by atoms with Crippen LogP contribution in [0.2, 0.25) is 0 Å². The van der Waals surface area contributed by atoms with Crippen molar-refractivity contribution in [3.63, 3.8) is 0 Å². The van der Waals surface area contributed by atoms with Crippen LogP contribution in [0.3, 0.4) is 0 Å². The van der Waals surface area contributed by atoms with Gasteiger partial charge in [0.05, 0.1) is 6.04 Å². The van der Waals surface area contributed by atoms with Gasteiger partial charge in [-0.1, -0.05) is 15.9 Å². The van der Waals surface area contributed by atoms with E-state index >= 15 is 0 Å². The van der Waals surface area contributed by atoms with Gasteiger partial charge < -0.3 is 9.73 Å². The lowest BCUT2D eigenvalue weighted by Crippen LogP contribution is -2.20. The number of aromatic nitrogens is 1. The van der Waals surface area contributed by atoms with Gasteiger partial charge in [-0.2, -0.15) is 0 Å². The van der Waals surface area contributed by atoms with Crippen molar-refractivity contribution in [3.05, 3.63) is 64.6 Å². The number of hydrogen-bond acceptors (Lipinski definition) is 3. The van der Waals surface area contributed by atoms with Gasteiger partial charge in [-0.05, 0) is 61.9 Å². The Labute approximate surface area is 132 Å². The quantitative estimate of drug-likeness (QED) is 0.741. The second-order valence-corrected chi connectivity index (χ2v) is 6.03. The van der Waals surface area contributed by atoms with E-state index in [1.165, 1.54) is 5.56 Å². The number of rotatable bonds is 5.